The van der Waals surface area contributed by atoms with Crippen molar-refractivity contribution in [3.8, 4) is 0 Å². The Hall–Kier alpha value is -2.87. The van der Waals surface area contributed by atoms with Crippen molar-refractivity contribution in [3.63, 3.8) is 0 Å². The monoisotopic (exact) mass is 313 g/mol. The van der Waals surface area contributed by atoms with Gasteiger partial charge in [-0.15, -0.1) is 0 Å². The van der Waals surface area contributed by atoms with Gasteiger partial charge >= 0.3 is 0 Å². The summed E-state index contributed by atoms with van der Waals surface area (Å²) in [6, 6.07) is 31.2. The largest absolute Gasteiger partial charge is 0.470 e. The van der Waals surface area contributed by atoms with Crippen molar-refractivity contribution >= 4 is 5.90 Å². The quantitative estimate of drug-likeness (QED) is 0.665. The second-order valence-corrected chi connectivity index (χ2v) is 5.95. The van der Waals surface area contributed by atoms with Gasteiger partial charge in [-0.2, -0.15) is 0 Å². The first-order chi connectivity index (χ1) is 11.9. The van der Waals surface area contributed by atoms with E-state index in [0.29, 0.717) is 6.54 Å². The molecule has 118 valence electrons. The molecule has 1 aliphatic heterocycles. The van der Waals surface area contributed by atoms with Crippen LogP contribution in [0, 0.1) is 0 Å². The highest BCUT2D eigenvalue weighted by Gasteiger charge is 2.29. The van der Waals surface area contributed by atoms with Crippen LogP contribution in [0.3, 0.4) is 0 Å². The van der Waals surface area contributed by atoms with E-state index in [2.05, 4.69) is 60.7 Å². The average Bonchev–Trinajstić information content (AvgIpc) is 3.14. The van der Waals surface area contributed by atoms with Crippen LogP contribution in [-0.4, -0.2) is 12.4 Å². The van der Waals surface area contributed by atoms with Gasteiger partial charge in [0.05, 0.1) is 12.5 Å². The average molecular weight is 313 g/mol. The van der Waals surface area contributed by atoms with Gasteiger partial charge < -0.3 is 4.74 Å². The van der Waals surface area contributed by atoms with Crippen LogP contribution in [0.5, 0.6) is 0 Å². The highest BCUT2D eigenvalue weighted by atomic mass is 16.5. The van der Waals surface area contributed by atoms with Crippen LogP contribution in [0.15, 0.2) is 96.0 Å². The molecule has 1 unspecified atom stereocenters. The second kappa shape index (κ2) is 6.71. The second-order valence-electron chi connectivity index (χ2n) is 5.95. The van der Waals surface area contributed by atoms with Crippen LogP contribution < -0.4 is 0 Å². The van der Waals surface area contributed by atoms with Crippen molar-refractivity contribution in [2.75, 3.05) is 6.54 Å². The lowest BCUT2D eigenvalue weighted by Crippen LogP contribution is -2.16. The number of rotatable bonds is 4. The molecule has 0 radical (unpaired) electrons. The van der Waals surface area contributed by atoms with Crippen LogP contribution in [0.4, 0.5) is 0 Å². The SMILES string of the molecule is c1ccc(C2CN=C(C(c3ccccc3)c3ccccc3)O2)cc1. The fraction of sp³-hybridized carbons (Fsp3) is 0.136. The fourth-order valence-electron chi connectivity index (χ4n) is 3.16. The Balaban J connectivity index is 1.66. The van der Waals surface area contributed by atoms with Gasteiger partial charge in [0.25, 0.3) is 0 Å². The maximum atomic E-state index is 6.27. The first kappa shape index (κ1) is 14.7. The third kappa shape index (κ3) is 2.95. The van der Waals surface area contributed by atoms with Gasteiger partial charge in [-0.3, -0.25) is 4.99 Å². The molecule has 0 bridgehead atoms. The van der Waals surface area contributed by atoms with Gasteiger partial charge in [-0.1, -0.05) is 91.0 Å². The third-order valence-electron chi connectivity index (χ3n) is 4.36. The summed E-state index contributed by atoms with van der Waals surface area (Å²) in [6.07, 6.45) is 0.0103. The van der Waals surface area contributed by atoms with E-state index in [0.717, 1.165) is 5.90 Å². The molecule has 0 fully saturated rings. The Morgan fingerprint density at radius 3 is 1.75 bits per heavy atom. The van der Waals surface area contributed by atoms with Gasteiger partial charge in [0.1, 0.15) is 6.10 Å². The molecule has 2 heteroatoms. The molecule has 0 spiro atoms. The van der Waals surface area contributed by atoms with Crippen LogP contribution in [0.1, 0.15) is 28.7 Å². The number of nitrogens with zero attached hydrogens (tertiary/aromatic N) is 1. The molecular weight excluding hydrogens is 294 g/mol. The van der Waals surface area contributed by atoms with Crippen molar-refractivity contribution in [1.29, 1.82) is 0 Å². The summed E-state index contributed by atoms with van der Waals surface area (Å²) in [7, 11) is 0. The zero-order valence-electron chi connectivity index (χ0n) is 13.4. The van der Waals surface area contributed by atoms with E-state index in [1.165, 1.54) is 16.7 Å². The molecule has 0 saturated heterocycles. The Morgan fingerprint density at radius 1 is 0.708 bits per heavy atom. The highest BCUT2D eigenvalue weighted by molar-refractivity contribution is 5.88. The predicted molar refractivity (Wildman–Crippen MR) is 97.3 cm³/mol. The maximum Gasteiger partial charge on any atom is 0.196 e. The topological polar surface area (TPSA) is 21.6 Å². The smallest absolute Gasteiger partial charge is 0.196 e. The number of benzene rings is 3. The predicted octanol–water partition coefficient (Wildman–Crippen LogP) is 4.99. The van der Waals surface area contributed by atoms with Gasteiger partial charge in [-0.25, -0.2) is 0 Å². The maximum absolute atomic E-state index is 6.27. The number of aliphatic imine (C=N–C) groups is 1. The van der Waals surface area contributed by atoms with Crippen molar-refractivity contribution < 1.29 is 4.74 Å². The lowest BCUT2D eigenvalue weighted by molar-refractivity contribution is 0.222. The molecule has 0 amide bonds. The lowest BCUT2D eigenvalue weighted by atomic mass is 9.91. The molecule has 0 saturated carbocycles. The zero-order valence-corrected chi connectivity index (χ0v) is 13.4. The molecular formula is C22H19NO. The zero-order chi connectivity index (χ0) is 16.2. The molecule has 3 aromatic rings. The molecule has 1 atom stereocenters. The fourth-order valence-corrected chi connectivity index (χ4v) is 3.16. The molecule has 24 heavy (non-hydrogen) atoms. The summed E-state index contributed by atoms with van der Waals surface area (Å²) in [6.45, 7) is 0.676. The van der Waals surface area contributed by atoms with Crippen LogP contribution in [0.25, 0.3) is 0 Å². The lowest BCUT2D eigenvalue weighted by Gasteiger charge is -2.20. The van der Waals surface area contributed by atoms with Crippen molar-refractivity contribution in [2.24, 2.45) is 4.99 Å². The minimum Gasteiger partial charge on any atom is -0.470 e. The van der Waals surface area contributed by atoms with Gasteiger partial charge in [0.15, 0.2) is 5.90 Å². The number of hydrogen-bond acceptors (Lipinski definition) is 2. The molecule has 3 aromatic carbocycles. The standard InChI is InChI=1S/C22H19NO/c1-4-10-17(11-5-1)20-16-23-22(24-20)21(18-12-6-2-7-13-18)19-14-8-3-9-15-19/h1-15,20-21H,16H2. The van der Waals surface area contributed by atoms with E-state index in [1.807, 2.05) is 30.3 Å². The van der Waals surface area contributed by atoms with Crippen LogP contribution >= 0.6 is 0 Å². The Morgan fingerprint density at radius 2 is 1.21 bits per heavy atom. The number of hydrogen-bond donors (Lipinski definition) is 0. The Bertz CT molecular complexity index is 773. The van der Waals surface area contributed by atoms with E-state index in [-0.39, 0.29) is 12.0 Å². The van der Waals surface area contributed by atoms with Crippen molar-refractivity contribution in [1.82, 2.24) is 0 Å². The molecule has 2 nitrogen and oxygen atoms in total. The minimum absolute atomic E-state index is 0.0103. The highest BCUT2D eigenvalue weighted by Crippen LogP contribution is 2.33. The summed E-state index contributed by atoms with van der Waals surface area (Å²) in [5.74, 6) is 0.849. The first-order valence-electron chi connectivity index (χ1n) is 8.27. The van der Waals surface area contributed by atoms with E-state index in [9.17, 15) is 0 Å². The molecule has 0 N–H and O–H groups in total. The molecule has 1 heterocycles. The van der Waals surface area contributed by atoms with E-state index < -0.39 is 0 Å². The summed E-state index contributed by atoms with van der Waals surface area (Å²) in [4.78, 5) is 4.74. The molecule has 0 aromatic heterocycles. The third-order valence-corrected chi connectivity index (χ3v) is 4.36. The van der Waals surface area contributed by atoms with E-state index in [1.54, 1.807) is 0 Å². The minimum atomic E-state index is 0.0103. The summed E-state index contributed by atoms with van der Waals surface area (Å²) in [5, 5.41) is 0. The van der Waals surface area contributed by atoms with Gasteiger partial charge in [-0.05, 0) is 16.7 Å². The van der Waals surface area contributed by atoms with Gasteiger partial charge in [0.2, 0.25) is 0 Å². The van der Waals surface area contributed by atoms with Gasteiger partial charge in [0, 0.05) is 0 Å². The molecule has 0 aliphatic carbocycles. The van der Waals surface area contributed by atoms with Crippen LogP contribution in [0.2, 0.25) is 0 Å². The summed E-state index contributed by atoms with van der Waals surface area (Å²) in [5.41, 5.74) is 3.59. The van der Waals surface area contributed by atoms with Crippen LogP contribution in [-0.2, 0) is 4.74 Å². The molecule has 4 rings (SSSR count). The summed E-state index contributed by atoms with van der Waals surface area (Å²) >= 11 is 0. The number of ether oxygens (including phenoxy) is 1. The van der Waals surface area contributed by atoms with Crippen molar-refractivity contribution in [3.05, 3.63) is 108 Å². The Kier molecular flexibility index (Phi) is 4.11. The summed E-state index contributed by atoms with van der Waals surface area (Å²) < 4.78 is 6.27. The Labute approximate surface area is 142 Å². The molecule has 1 aliphatic rings. The normalized spacial score (nSPS) is 16.7. The first-order valence-corrected chi connectivity index (χ1v) is 8.27. The van der Waals surface area contributed by atoms with E-state index in [4.69, 9.17) is 9.73 Å². The van der Waals surface area contributed by atoms with E-state index >= 15 is 0 Å². The van der Waals surface area contributed by atoms with Crippen molar-refractivity contribution in [2.45, 2.75) is 12.0 Å².